The highest BCUT2D eigenvalue weighted by atomic mass is 32.1. The smallest absolute Gasteiger partial charge is 0.273 e. The van der Waals surface area contributed by atoms with Crippen LogP contribution in [0.5, 0.6) is 0 Å². The van der Waals surface area contributed by atoms with E-state index in [0.29, 0.717) is 11.4 Å². The lowest BCUT2D eigenvalue weighted by Gasteiger charge is -2.36. The number of thiazole rings is 1. The highest BCUT2D eigenvalue weighted by Crippen LogP contribution is 2.25. The van der Waals surface area contributed by atoms with Crippen LogP contribution in [0.15, 0.2) is 29.6 Å². The van der Waals surface area contributed by atoms with E-state index in [-0.39, 0.29) is 11.7 Å². The minimum absolute atomic E-state index is 0.0237. The molecule has 0 radical (unpaired) electrons. The fourth-order valence-corrected chi connectivity index (χ4v) is 4.38. The van der Waals surface area contributed by atoms with Crippen molar-refractivity contribution in [2.75, 3.05) is 69.2 Å². The van der Waals surface area contributed by atoms with Gasteiger partial charge in [-0.2, -0.15) is 0 Å². The summed E-state index contributed by atoms with van der Waals surface area (Å²) in [5, 5.41) is 2.74. The maximum absolute atomic E-state index is 14.0. The predicted octanol–water partition coefficient (Wildman–Crippen LogP) is 2.00. The summed E-state index contributed by atoms with van der Waals surface area (Å²) in [7, 11) is 2.07. The zero-order chi connectivity index (χ0) is 18.8. The molecule has 4 rings (SSSR count). The van der Waals surface area contributed by atoms with E-state index < -0.39 is 0 Å². The first-order valence-corrected chi connectivity index (χ1v) is 10.2. The van der Waals surface area contributed by atoms with E-state index in [4.69, 9.17) is 0 Å². The number of likely N-dealkylation sites (N-methyl/N-ethyl adjacent to an activating group) is 1. The predicted molar refractivity (Wildman–Crippen MR) is 106 cm³/mol. The zero-order valence-corrected chi connectivity index (χ0v) is 16.3. The molecule has 6 nitrogen and oxygen atoms in total. The molecule has 2 aliphatic rings. The van der Waals surface area contributed by atoms with Gasteiger partial charge in [0.15, 0.2) is 5.13 Å². The number of halogens is 1. The topological polar surface area (TPSA) is 42.9 Å². The first-order chi connectivity index (χ1) is 13.1. The fraction of sp³-hybridized carbons (Fsp3) is 0.474. The largest absolute Gasteiger partial charge is 0.366 e. The Labute approximate surface area is 162 Å². The minimum Gasteiger partial charge on any atom is -0.366 e. The zero-order valence-electron chi connectivity index (χ0n) is 15.5. The van der Waals surface area contributed by atoms with Crippen LogP contribution < -0.4 is 9.80 Å². The molecule has 2 saturated heterocycles. The molecule has 144 valence electrons. The molecular formula is C19H24FN5OS. The molecule has 0 spiro atoms. The van der Waals surface area contributed by atoms with E-state index in [1.807, 2.05) is 22.4 Å². The molecule has 0 aliphatic carbocycles. The first kappa shape index (κ1) is 18.2. The molecule has 2 aromatic rings. The second-order valence-electron chi connectivity index (χ2n) is 7.04. The van der Waals surface area contributed by atoms with Gasteiger partial charge in [-0.05, 0) is 19.2 Å². The van der Waals surface area contributed by atoms with Crippen molar-refractivity contribution in [2.45, 2.75) is 0 Å². The summed E-state index contributed by atoms with van der Waals surface area (Å²) in [6.07, 6.45) is 0. The van der Waals surface area contributed by atoms with Gasteiger partial charge < -0.3 is 19.6 Å². The Kier molecular flexibility index (Phi) is 5.27. The molecular weight excluding hydrogens is 365 g/mol. The number of anilines is 2. The lowest BCUT2D eigenvalue weighted by atomic mass is 10.2. The third-order valence-electron chi connectivity index (χ3n) is 5.24. The number of carbonyl (C=O) groups excluding carboxylic acids is 1. The number of benzene rings is 1. The van der Waals surface area contributed by atoms with Crippen LogP contribution in [-0.4, -0.2) is 80.1 Å². The Balaban J connectivity index is 1.37. The molecule has 1 aromatic heterocycles. The minimum atomic E-state index is -0.180. The third kappa shape index (κ3) is 3.91. The standard InChI is InChI=1S/C19H24FN5OS/c1-22-6-8-24(9-7-22)18(26)16-14-27-19(21-16)25-12-10-23(11-13-25)17-5-3-2-4-15(17)20/h2-5,14H,6-13H2,1H3. The highest BCUT2D eigenvalue weighted by Gasteiger charge is 2.25. The van der Waals surface area contributed by atoms with Gasteiger partial charge in [0.25, 0.3) is 5.91 Å². The molecule has 3 heterocycles. The monoisotopic (exact) mass is 389 g/mol. The second kappa shape index (κ2) is 7.82. The average molecular weight is 390 g/mol. The van der Waals surface area contributed by atoms with Crippen LogP contribution in [0, 0.1) is 5.82 Å². The number of carbonyl (C=O) groups is 1. The molecule has 0 unspecified atom stereocenters. The Morgan fingerprint density at radius 2 is 1.67 bits per heavy atom. The number of rotatable bonds is 3. The van der Waals surface area contributed by atoms with Crippen molar-refractivity contribution < 1.29 is 9.18 Å². The molecule has 8 heteroatoms. The lowest BCUT2D eigenvalue weighted by molar-refractivity contribution is 0.0659. The number of aromatic nitrogens is 1. The normalized spacial score (nSPS) is 18.8. The van der Waals surface area contributed by atoms with Crippen LogP contribution in [0.1, 0.15) is 10.5 Å². The van der Waals surface area contributed by atoms with Gasteiger partial charge in [0.2, 0.25) is 0 Å². The molecule has 0 bridgehead atoms. The first-order valence-electron chi connectivity index (χ1n) is 9.29. The van der Waals surface area contributed by atoms with Crippen LogP contribution in [0.25, 0.3) is 0 Å². The molecule has 1 amide bonds. The molecule has 0 atom stereocenters. The van der Waals surface area contributed by atoms with Crippen LogP contribution in [0.4, 0.5) is 15.2 Å². The molecule has 0 N–H and O–H groups in total. The molecule has 27 heavy (non-hydrogen) atoms. The van der Waals surface area contributed by atoms with Gasteiger partial charge in [-0.25, -0.2) is 9.37 Å². The van der Waals surface area contributed by atoms with E-state index in [0.717, 1.165) is 57.5 Å². The van der Waals surface area contributed by atoms with Crippen LogP contribution >= 0.6 is 11.3 Å². The molecule has 0 saturated carbocycles. The Hall–Kier alpha value is -2.19. The van der Waals surface area contributed by atoms with E-state index in [1.165, 1.54) is 17.4 Å². The SMILES string of the molecule is CN1CCN(C(=O)c2csc(N3CCN(c4ccccc4F)CC3)n2)CC1. The van der Waals surface area contributed by atoms with Gasteiger partial charge in [-0.15, -0.1) is 11.3 Å². The number of hydrogen-bond donors (Lipinski definition) is 0. The fourth-order valence-electron chi connectivity index (χ4n) is 3.53. The summed E-state index contributed by atoms with van der Waals surface area (Å²) in [6, 6.07) is 6.89. The lowest BCUT2D eigenvalue weighted by Crippen LogP contribution is -2.47. The van der Waals surface area contributed by atoms with Gasteiger partial charge in [0, 0.05) is 57.7 Å². The van der Waals surface area contributed by atoms with E-state index in [1.54, 1.807) is 6.07 Å². The summed E-state index contributed by atoms with van der Waals surface area (Å²) < 4.78 is 14.0. The van der Waals surface area contributed by atoms with Gasteiger partial charge in [0.05, 0.1) is 5.69 Å². The Morgan fingerprint density at radius 1 is 1.00 bits per heavy atom. The van der Waals surface area contributed by atoms with Crippen molar-refractivity contribution in [2.24, 2.45) is 0 Å². The third-order valence-corrected chi connectivity index (χ3v) is 6.15. The maximum atomic E-state index is 14.0. The Morgan fingerprint density at radius 3 is 2.37 bits per heavy atom. The summed E-state index contributed by atoms with van der Waals surface area (Å²) in [4.78, 5) is 25.6. The summed E-state index contributed by atoms with van der Waals surface area (Å²) in [6.45, 7) is 6.33. The summed E-state index contributed by atoms with van der Waals surface area (Å²) in [5.41, 5.74) is 1.19. The maximum Gasteiger partial charge on any atom is 0.273 e. The number of nitrogens with zero attached hydrogens (tertiary/aromatic N) is 5. The Bertz CT molecular complexity index is 797. The van der Waals surface area contributed by atoms with Crippen molar-refractivity contribution in [3.8, 4) is 0 Å². The van der Waals surface area contributed by atoms with Crippen LogP contribution in [0.3, 0.4) is 0 Å². The van der Waals surface area contributed by atoms with Crippen molar-refractivity contribution in [3.63, 3.8) is 0 Å². The van der Waals surface area contributed by atoms with Crippen molar-refractivity contribution in [1.29, 1.82) is 0 Å². The van der Waals surface area contributed by atoms with Crippen LogP contribution in [-0.2, 0) is 0 Å². The number of piperazine rings is 2. The second-order valence-corrected chi connectivity index (χ2v) is 7.87. The highest BCUT2D eigenvalue weighted by molar-refractivity contribution is 7.13. The van der Waals surface area contributed by atoms with Gasteiger partial charge in [-0.3, -0.25) is 4.79 Å². The van der Waals surface area contributed by atoms with E-state index in [9.17, 15) is 9.18 Å². The molecule has 1 aromatic carbocycles. The van der Waals surface area contributed by atoms with E-state index in [2.05, 4.69) is 26.7 Å². The van der Waals surface area contributed by atoms with Gasteiger partial charge in [0.1, 0.15) is 11.5 Å². The number of hydrogen-bond acceptors (Lipinski definition) is 6. The molecule has 2 aliphatic heterocycles. The number of amides is 1. The van der Waals surface area contributed by atoms with Crippen molar-refractivity contribution in [3.05, 3.63) is 41.2 Å². The van der Waals surface area contributed by atoms with Crippen molar-refractivity contribution >= 4 is 28.1 Å². The van der Waals surface area contributed by atoms with E-state index >= 15 is 0 Å². The quantitative estimate of drug-likeness (QED) is 0.803. The molecule has 2 fully saturated rings. The van der Waals surface area contributed by atoms with Crippen LogP contribution in [0.2, 0.25) is 0 Å². The number of para-hydroxylation sites is 1. The van der Waals surface area contributed by atoms with Crippen molar-refractivity contribution in [1.82, 2.24) is 14.8 Å². The summed E-state index contributed by atoms with van der Waals surface area (Å²) >= 11 is 1.51. The average Bonchev–Trinajstić information content (AvgIpc) is 3.19. The van der Waals surface area contributed by atoms with Gasteiger partial charge >= 0.3 is 0 Å². The summed E-state index contributed by atoms with van der Waals surface area (Å²) in [5.74, 6) is -0.157. The van der Waals surface area contributed by atoms with Gasteiger partial charge in [-0.1, -0.05) is 12.1 Å².